The molecule has 0 aliphatic heterocycles. The van der Waals surface area contributed by atoms with E-state index in [1.54, 1.807) is 13.0 Å². The molecule has 0 spiro atoms. The lowest BCUT2D eigenvalue weighted by Gasteiger charge is -2.25. The van der Waals surface area contributed by atoms with Crippen molar-refractivity contribution in [2.45, 2.75) is 25.5 Å². The van der Waals surface area contributed by atoms with E-state index < -0.39 is 30.2 Å². The first-order valence-electron chi connectivity index (χ1n) is 7.34. The average Bonchev–Trinajstić information content (AvgIpc) is 2.92. The van der Waals surface area contributed by atoms with E-state index in [1.807, 2.05) is 12.1 Å². The van der Waals surface area contributed by atoms with E-state index in [0.717, 1.165) is 3.57 Å². The van der Waals surface area contributed by atoms with Gasteiger partial charge >= 0.3 is 0 Å². The third-order valence-electron chi connectivity index (χ3n) is 3.64. The van der Waals surface area contributed by atoms with Crippen molar-refractivity contribution >= 4 is 40.1 Å². The molecule has 0 aliphatic carbocycles. The molecule has 1 aromatic carbocycles. The van der Waals surface area contributed by atoms with E-state index >= 15 is 0 Å². The summed E-state index contributed by atoms with van der Waals surface area (Å²) in [4.78, 5) is 12.4. The van der Waals surface area contributed by atoms with Crippen molar-refractivity contribution in [3.05, 3.63) is 49.8 Å². The number of amides is 1. The first-order chi connectivity index (χ1) is 11.7. The fourth-order valence-corrected chi connectivity index (χ4v) is 3.50. The molecule has 1 heterocycles. The molecule has 136 valence electrons. The molecule has 2 aromatic rings. The fraction of sp³-hybridized carbons (Fsp3) is 0.375. The molecule has 1 amide bonds. The summed E-state index contributed by atoms with van der Waals surface area (Å²) < 4.78 is 33.7. The van der Waals surface area contributed by atoms with Crippen LogP contribution in [0.1, 0.15) is 41.1 Å². The summed E-state index contributed by atoms with van der Waals surface area (Å²) in [5, 5.41) is 6.83. The first-order valence-corrected chi connectivity index (χ1v) is 8.80. The highest BCUT2D eigenvalue weighted by Gasteiger charge is 2.27. The highest BCUT2D eigenvalue weighted by molar-refractivity contribution is 14.1. The van der Waals surface area contributed by atoms with Gasteiger partial charge in [0.1, 0.15) is 11.8 Å². The maximum Gasteiger partial charge on any atom is 0.282 e. The smallest absolute Gasteiger partial charge is 0.282 e. The van der Waals surface area contributed by atoms with Crippen LogP contribution in [0.3, 0.4) is 0 Å². The van der Waals surface area contributed by atoms with Crippen LogP contribution in [0.15, 0.2) is 24.4 Å². The molecule has 0 fully saturated rings. The minimum atomic E-state index is -2.83. The molecule has 2 unspecified atom stereocenters. The molecular formula is C16H17ClF2IN3O2. The van der Waals surface area contributed by atoms with Crippen molar-refractivity contribution in [1.29, 1.82) is 0 Å². The minimum Gasteiger partial charge on any atom is -0.375 e. The number of methoxy groups -OCH3 is 1. The van der Waals surface area contributed by atoms with Crippen LogP contribution in [0.5, 0.6) is 0 Å². The number of halogens is 4. The Hall–Kier alpha value is -1.26. The Morgan fingerprint density at radius 1 is 1.44 bits per heavy atom. The van der Waals surface area contributed by atoms with Gasteiger partial charge in [-0.25, -0.2) is 8.78 Å². The summed E-state index contributed by atoms with van der Waals surface area (Å²) in [5.74, 6) is -0.639. The molecule has 1 N–H and O–H groups in total. The molecule has 0 aliphatic rings. The van der Waals surface area contributed by atoms with Gasteiger partial charge in [-0.15, -0.1) is 0 Å². The summed E-state index contributed by atoms with van der Waals surface area (Å²) >= 11 is 8.40. The quantitative estimate of drug-likeness (QED) is 0.629. The summed E-state index contributed by atoms with van der Waals surface area (Å²) in [7, 11) is 2.98. The van der Waals surface area contributed by atoms with Crippen LogP contribution < -0.4 is 5.32 Å². The van der Waals surface area contributed by atoms with E-state index in [-0.39, 0.29) is 5.56 Å². The molecule has 2 atom stereocenters. The number of carbonyl (C=O) groups excluding carboxylic acids is 1. The third kappa shape index (κ3) is 4.68. The third-order valence-corrected chi connectivity index (χ3v) is 4.64. The van der Waals surface area contributed by atoms with E-state index in [9.17, 15) is 13.6 Å². The largest absolute Gasteiger partial charge is 0.375 e. The molecule has 2 rings (SSSR count). The number of alkyl halides is 2. The van der Waals surface area contributed by atoms with Crippen LogP contribution in [0, 0.1) is 3.57 Å². The predicted molar refractivity (Wildman–Crippen MR) is 99.0 cm³/mol. The van der Waals surface area contributed by atoms with Gasteiger partial charge in [-0.1, -0.05) is 17.7 Å². The summed E-state index contributed by atoms with van der Waals surface area (Å²) in [6, 6.07) is 4.97. The molecule has 25 heavy (non-hydrogen) atoms. The number of ether oxygens (including phenoxy) is 1. The zero-order chi connectivity index (χ0) is 18.7. The molecular weight excluding hydrogens is 467 g/mol. The Balaban J connectivity index is 2.22. The Kier molecular flexibility index (Phi) is 6.75. The number of aryl methyl sites for hydroxylation is 1. The predicted octanol–water partition coefficient (Wildman–Crippen LogP) is 4.12. The van der Waals surface area contributed by atoms with Crippen molar-refractivity contribution in [3.63, 3.8) is 0 Å². The lowest BCUT2D eigenvalue weighted by Crippen LogP contribution is -2.38. The van der Waals surface area contributed by atoms with Gasteiger partial charge in [0.05, 0.1) is 11.6 Å². The molecule has 1 aromatic heterocycles. The average molecular weight is 484 g/mol. The number of aromatic nitrogens is 2. The number of carbonyl (C=O) groups is 1. The van der Waals surface area contributed by atoms with Crippen molar-refractivity contribution in [2.75, 3.05) is 7.11 Å². The second-order valence-electron chi connectivity index (χ2n) is 5.49. The van der Waals surface area contributed by atoms with Crippen molar-refractivity contribution in [3.8, 4) is 0 Å². The van der Waals surface area contributed by atoms with E-state index in [0.29, 0.717) is 10.6 Å². The van der Waals surface area contributed by atoms with Gasteiger partial charge in [0.25, 0.3) is 12.3 Å². The minimum absolute atomic E-state index is 0.159. The van der Waals surface area contributed by atoms with Gasteiger partial charge in [0.2, 0.25) is 0 Å². The second kappa shape index (κ2) is 8.41. The van der Waals surface area contributed by atoms with Gasteiger partial charge in [-0.2, -0.15) is 5.10 Å². The molecule has 9 heteroatoms. The van der Waals surface area contributed by atoms with Crippen molar-refractivity contribution in [1.82, 2.24) is 15.1 Å². The van der Waals surface area contributed by atoms with Gasteiger partial charge in [0.15, 0.2) is 0 Å². The zero-order valence-corrected chi connectivity index (χ0v) is 16.7. The normalized spacial score (nSPS) is 13.8. The summed E-state index contributed by atoms with van der Waals surface area (Å²) in [5.41, 5.74) is -0.000901. The first kappa shape index (κ1) is 20.1. The molecule has 0 saturated carbocycles. The fourth-order valence-electron chi connectivity index (χ4n) is 2.53. The number of benzene rings is 1. The topological polar surface area (TPSA) is 56.1 Å². The highest BCUT2D eigenvalue weighted by Crippen LogP contribution is 2.29. The lowest BCUT2D eigenvalue weighted by molar-refractivity contribution is 0.0641. The maximum atomic E-state index is 13.0. The lowest BCUT2D eigenvalue weighted by atomic mass is 10.0. The van der Waals surface area contributed by atoms with Crippen LogP contribution in [-0.4, -0.2) is 28.8 Å². The van der Waals surface area contributed by atoms with Gasteiger partial charge in [-0.05, 0) is 41.6 Å². The molecule has 0 radical (unpaired) electrons. The van der Waals surface area contributed by atoms with Crippen LogP contribution in [0.4, 0.5) is 8.78 Å². The van der Waals surface area contributed by atoms with Crippen LogP contribution in [-0.2, 0) is 11.8 Å². The van der Waals surface area contributed by atoms with Gasteiger partial charge < -0.3 is 10.1 Å². The SMILES string of the molecule is COC(c1ccc(I)cc1Cl)C(C)NC(=O)c1cn(C)nc1C(F)F. The van der Waals surface area contributed by atoms with Crippen LogP contribution in [0.25, 0.3) is 0 Å². The number of hydrogen-bond acceptors (Lipinski definition) is 3. The second-order valence-corrected chi connectivity index (χ2v) is 7.14. The molecule has 5 nitrogen and oxygen atoms in total. The van der Waals surface area contributed by atoms with Gasteiger partial charge in [-0.3, -0.25) is 9.48 Å². The summed E-state index contributed by atoms with van der Waals surface area (Å²) in [6.45, 7) is 1.72. The van der Waals surface area contributed by atoms with Crippen LogP contribution >= 0.6 is 34.2 Å². The van der Waals surface area contributed by atoms with E-state index in [2.05, 4.69) is 33.0 Å². The van der Waals surface area contributed by atoms with E-state index in [1.165, 1.54) is 25.0 Å². The number of nitrogens with zero attached hydrogens (tertiary/aromatic N) is 2. The Labute approximate surface area is 162 Å². The molecule has 0 bridgehead atoms. The standard InChI is InChI=1S/C16H17ClF2IN3O2/c1-8(14(25-3)10-5-4-9(20)6-12(10)17)21-16(24)11-7-23(2)22-13(11)15(18)19/h4-8,14-15H,1-3H3,(H,21,24). The maximum absolute atomic E-state index is 13.0. The summed E-state index contributed by atoms with van der Waals surface area (Å²) in [6.07, 6.45) is -2.09. The Morgan fingerprint density at radius 2 is 2.12 bits per heavy atom. The van der Waals surface area contributed by atoms with Crippen molar-refractivity contribution in [2.24, 2.45) is 7.05 Å². The van der Waals surface area contributed by atoms with E-state index in [4.69, 9.17) is 16.3 Å². The highest BCUT2D eigenvalue weighted by atomic mass is 127. The number of hydrogen-bond donors (Lipinski definition) is 1. The zero-order valence-electron chi connectivity index (χ0n) is 13.8. The number of rotatable bonds is 6. The monoisotopic (exact) mass is 483 g/mol. The van der Waals surface area contributed by atoms with Gasteiger partial charge in [0, 0.05) is 34.5 Å². The Morgan fingerprint density at radius 3 is 2.68 bits per heavy atom. The van der Waals surface area contributed by atoms with Crippen molar-refractivity contribution < 1.29 is 18.3 Å². The Bertz CT molecular complexity index is 770. The molecule has 0 saturated heterocycles. The number of nitrogens with one attached hydrogen (secondary N) is 1. The van der Waals surface area contributed by atoms with Crippen LogP contribution in [0.2, 0.25) is 5.02 Å².